The molecule has 2 nitrogen and oxygen atoms in total. The molecule has 0 unspecified atom stereocenters. The number of hydrogen-bond donors (Lipinski definition) is 0. The molecule has 0 aliphatic rings. The molecular weight excluding hydrogens is 447 g/mol. The van der Waals surface area contributed by atoms with Crippen LogP contribution in [-0.4, -0.2) is 11.0 Å². The van der Waals surface area contributed by atoms with Gasteiger partial charge in [0, 0.05) is 0 Å². The fourth-order valence-corrected chi connectivity index (χ4v) is 9.42. The van der Waals surface area contributed by atoms with Crippen LogP contribution >= 0.6 is 7.26 Å². The summed E-state index contributed by atoms with van der Waals surface area (Å²) in [6.07, 6.45) is 0. The second-order valence-corrected chi connectivity index (χ2v) is 12.7. The van der Waals surface area contributed by atoms with Gasteiger partial charge in [0.1, 0.15) is 10.6 Å². The number of carbonyl (C=O) groups is 2. The summed E-state index contributed by atoms with van der Waals surface area (Å²) >= 11 is 0. The molecule has 0 aromatic heterocycles. The van der Waals surface area contributed by atoms with E-state index in [2.05, 4.69) is 0 Å². The number of carbonyl (C=O) groups excluding carboxylic acids is 2. The van der Waals surface area contributed by atoms with E-state index in [1.54, 1.807) is 0 Å². The molecule has 4 aromatic rings. The Morgan fingerprint density at radius 1 is 0.486 bits per heavy atom. The Hall–Kier alpha value is -3.35. The fraction of sp³-hybridized carbons (Fsp3) is 0.188. The van der Waals surface area contributed by atoms with E-state index < -0.39 is 7.26 Å². The average molecular weight is 480 g/mol. The van der Waals surface area contributed by atoms with E-state index in [-0.39, 0.29) is 11.0 Å². The van der Waals surface area contributed by atoms with Gasteiger partial charge in [-0.3, -0.25) is 0 Å². The lowest BCUT2D eigenvalue weighted by Crippen LogP contribution is -2.35. The van der Waals surface area contributed by atoms with Gasteiger partial charge in [-0.1, -0.05) is 71.8 Å². The Bertz CT molecular complexity index is 1260. The first kappa shape index (κ1) is 24.8. The minimum Gasteiger partial charge on any atom is -0.246 e. The highest BCUT2D eigenvalue weighted by Crippen LogP contribution is 2.62. The molecule has 0 spiro atoms. The molecule has 0 aliphatic heterocycles. The molecule has 4 rings (SSSR count). The van der Waals surface area contributed by atoms with Crippen molar-refractivity contribution in [2.45, 2.75) is 41.5 Å². The molecule has 0 bridgehead atoms. The van der Waals surface area contributed by atoms with Crippen molar-refractivity contribution in [1.82, 2.24) is 0 Å². The summed E-state index contributed by atoms with van der Waals surface area (Å²) in [5, 5.41) is 1.58. The third-order valence-electron chi connectivity index (χ3n) is 6.68. The van der Waals surface area contributed by atoms with Gasteiger partial charge < -0.3 is 0 Å². The first-order valence-corrected chi connectivity index (χ1v) is 13.7. The Labute approximate surface area is 209 Å². The van der Waals surface area contributed by atoms with Crippen molar-refractivity contribution >= 4 is 28.9 Å². The van der Waals surface area contributed by atoms with E-state index in [0.717, 1.165) is 44.0 Å². The molecule has 0 saturated carbocycles. The summed E-state index contributed by atoms with van der Waals surface area (Å²) in [5.74, 6) is 0. The van der Waals surface area contributed by atoms with E-state index >= 15 is 0 Å². The molecule has 0 amide bonds. The summed E-state index contributed by atoms with van der Waals surface area (Å²) in [4.78, 5) is 29.9. The van der Waals surface area contributed by atoms with Crippen molar-refractivity contribution in [2.24, 2.45) is 0 Å². The first-order chi connectivity index (χ1) is 16.7. The van der Waals surface area contributed by atoms with Crippen molar-refractivity contribution in [1.29, 1.82) is 0 Å². The smallest absolute Gasteiger partial charge is 0.246 e. The van der Waals surface area contributed by atoms with E-state index in [0.29, 0.717) is 11.1 Å². The minimum atomic E-state index is -3.24. The van der Waals surface area contributed by atoms with Crippen molar-refractivity contribution < 1.29 is 9.59 Å². The number of rotatable bonds is 6. The monoisotopic (exact) mass is 479 g/mol. The van der Waals surface area contributed by atoms with Crippen LogP contribution in [0.5, 0.6) is 0 Å². The van der Waals surface area contributed by atoms with Crippen LogP contribution < -0.4 is 10.6 Å². The molecule has 0 N–H and O–H groups in total. The summed E-state index contributed by atoms with van der Waals surface area (Å²) < 4.78 is 0. The van der Waals surface area contributed by atoms with Crippen LogP contribution in [0.1, 0.15) is 54.1 Å². The van der Waals surface area contributed by atoms with Crippen LogP contribution in [0.4, 0.5) is 0 Å². The molecule has 35 heavy (non-hydrogen) atoms. The SMILES string of the molecule is Cc1cc(C)c(C(=O)[P+](C(=O)c2c(C)cc(C)cc2C)(c2ccccc2)c2ccccc2)c(C)c1. The lowest BCUT2D eigenvalue weighted by molar-refractivity contribution is 0.105. The molecule has 3 heteroatoms. The Kier molecular flexibility index (Phi) is 6.88. The number of aryl methyl sites for hydroxylation is 6. The summed E-state index contributed by atoms with van der Waals surface area (Å²) in [5.41, 5.74) is 7.03. The van der Waals surface area contributed by atoms with E-state index in [1.165, 1.54) is 0 Å². The van der Waals surface area contributed by atoms with Crippen LogP contribution in [0.3, 0.4) is 0 Å². The third-order valence-corrected chi connectivity index (χ3v) is 10.5. The highest BCUT2D eigenvalue weighted by atomic mass is 31.2. The second-order valence-electron chi connectivity index (χ2n) is 9.50. The van der Waals surface area contributed by atoms with Crippen LogP contribution in [0.25, 0.3) is 0 Å². The largest absolute Gasteiger partial charge is 0.317 e. The maximum atomic E-state index is 15.0. The van der Waals surface area contributed by atoms with Crippen molar-refractivity contribution in [3.05, 3.63) is 129 Å². The third kappa shape index (κ3) is 4.28. The lowest BCUT2D eigenvalue weighted by atomic mass is 10.0. The van der Waals surface area contributed by atoms with Crippen LogP contribution in [0.2, 0.25) is 0 Å². The van der Waals surface area contributed by atoms with Crippen molar-refractivity contribution in [3.63, 3.8) is 0 Å². The van der Waals surface area contributed by atoms with E-state index in [9.17, 15) is 9.59 Å². The van der Waals surface area contributed by atoms with Gasteiger partial charge in [-0.2, -0.15) is 0 Å². The van der Waals surface area contributed by atoms with Gasteiger partial charge in [-0.15, -0.1) is 0 Å². The van der Waals surface area contributed by atoms with Crippen LogP contribution in [0.15, 0.2) is 84.9 Å². The zero-order valence-electron chi connectivity index (χ0n) is 21.3. The molecule has 0 radical (unpaired) electrons. The van der Waals surface area contributed by atoms with Gasteiger partial charge in [-0.05, 0) is 88.1 Å². The van der Waals surface area contributed by atoms with Crippen molar-refractivity contribution in [2.75, 3.05) is 0 Å². The maximum Gasteiger partial charge on any atom is 0.317 e. The Morgan fingerprint density at radius 3 is 1.06 bits per heavy atom. The normalized spacial score (nSPS) is 11.4. The minimum absolute atomic E-state index is 0.0747. The molecule has 0 saturated heterocycles. The maximum absolute atomic E-state index is 15.0. The quantitative estimate of drug-likeness (QED) is 0.274. The highest BCUT2D eigenvalue weighted by molar-refractivity contribution is 8.15. The van der Waals surface area contributed by atoms with Gasteiger partial charge in [0.25, 0.3) is 0 Å². The molecule has 0 heterocycles. The molecule has 4 aromatic carbocycles. The fourth-order valence-electron chi connectivity index (χ4n) is 5.38. The molecule has 0 fully saturated rings. The van der Waals surface area contributed by atoms with Gasteiger partial charge in [0.15, 0.2) is 0 Å². The standard InChI is InChI=1S/C32H32O2P/c1-21-17-23(3)29(24(4)18-21)31(33)35(27-13-9-7-10-14-27,28-15-11-8-12-16-28)32(34)30-25(5)19-22(2)20-26(30)6/h7-20H,1-6H3/q+1. The van der Waals surface area contributed by atoms with Gasteiger partial charge >= 0.3 is 11.0 Å². The van der Waals surface area contributed by atoms with Crippen molar-refractivity contribution in [3.8, 4) is 0 Å². The summed E-state index contributed by atoms with van der Waals surface area (Å²) in [6.45, 7) is 12.0. The van der Waals surface area contributed by atoms with Gasteiger partial charge in [-0.25, -0.2) is 9.59 Å². The predicted molar refractivity (Wildman–Crippen MR) is 149 cm³/mol. The van der Waals surface area contributed by atoms with Crippen LogP contribution in [0, 0.1) is 41.5 Å². The summed E-state index contributed by atoms with van der Waals surface area (Å²) in [7, 11) is -3.24. The molecular formula is C32H32O2P+. The topological polar surface area (TPSA) is 34.1 Å². The molecule has 176 valence electrons. The zero-order chi connectivity index (χ0) is 25.3. The average Bonchev–Trinajstić information content (AvgIpc) is 2.80. The van der Waals surface area contributed by atoms with Gasteiger partial charge in [0.05, 0.1) is 11.1 Å². The molecule has 0 aliphatic carbocycles. The molecule has 0 atom stereocenters. The lowest BCUT2D eigenvalue weighted by Gasteiger charge is -2.26. The number of benzene rings is 4. The van der Waals surface area contributed by atoms with Crippen LogP contribution in [-0.2, 0) is 0 Å². The Balaban J connectivity index is 2.15. The van der Waals surface area contributed by atoms with E-state index in [4.69, 9.17) is 0 Å². The van der Waals surface area contributed by atoms with Gasteiger partial charge in [0.2, 0.25) is 7.26 Å². The predicted octanol–water partition coefficient (Wildman–Crippen LogP) is 7.19. The number of hydrogen-bond acceptors (Lipinski definition) is 2. The first-order valence-electron chi connectivity index (χ1n) is 11.9. The highest BCUT2D eigenvalue weighted by Gasteiger charge is 2.60. The summed E-state index contributed by atoms with van der Waals surface area (Å²) in [6, 6.07) is 27.5. The second kappa shape index (κ2) is 9.72. The van der Waals surface area contributed by atoms with E-state index in [1.807, 2.05) is 126 Å². The Morgan fingerprint density at radius 2 is 0.771 bits per heavy atom. The zero-order valence-corrected chi connectivity index (χ0v) is 22.2.